The van der Waals surface area contributed by atoms with Crippen molar-refractivity contribution >= 4 is 23.4 Å². The standard InChI is InChI=1S/C25H21N5O3S/c1-28-23(32)29(2)25(18-12-7-4-8-13-18)24(28,17-10-5-3-6-11-17)26-22-30(27-25)21(31)20(34-22)16-19-14-9-15-33-19/h3-16,27H,1-2H3/t24-,25+/m0/s1. The minimum absolute atomic E-state index is 0.213. The quantitative estimate of drug-likeness (QED) is 0.497. The lowest BCUT2D eigenvalue weighted by molar-refractivity contribution is 0.0648. The first kappa shape index (κ1) is 20.5. The van der Waals surface area contributed by atoms with Gasteiger partial charge in [0.05, 0.1) is 6.26 Å². The summed E-state index contributed by atoms with van der Waals surface area (Å²) in [7, 11) is 3.48. The zero-order chi connectivity index (χ0) is 23.5. The molecule has 1 saturated heterocycles. The van der Waals surface area contributed by atoms with E-state index in [9.17, 15) is 9.59 Å². The van der Waals surface area contributed by atoms with E-state index in [4.69, 9.17) is 9.41 Å². The van der Waals surface area contributed by atoms with Crippen molar-refractivity contribution in [2.45, 2.75) is 11.3 Å². The minimum Gasteiger partial charge on any atom is -0.465 e. The van der Waals surface area contributed by atoms with Gasteiger partial charge in [-0.1, -0.05) is 72.0 Å². The lowest BCUT2D eigenvalue weighted by atomic mass is 9.80. The van der Waals surface area contributed by atoms with Gasteiger partial charge in [-0.2, -0.15) is 4.68 Å². The molecule has 2 amide bonds. The highest BCUT2D eigenvalue weighted by Crippen LogP contribution is 2.53. The molecule has 1 N–H and O–H groups in total. The molecule has 4 aromatic rings. The summed E-state index contributed by atoms with van der Waals surface area (Å²) in [6.45, 7) is 0. The van der Waals surface area contributed by atoms with Gasteiger partial charge >= 0.3 is 6.03 Å². The van der Waals surface area contributed by atoms with E-state index in [1.807, 2.05) is 60.7 Å². The fourth-order valence-corrected chi connectivity index (χ4v) is 5.97. The van der Waals surface area contributed by atoms with Crippen LogP contribution in [0, 0.1) is 0 Å². The molecule has 170 valence electrons. The largest absolute Gasteiger partial charge is 0.465 e. The Balaban J connectivity index is 1.74. The van der Waals surface area contributed by atoms with Gasteiger partial charge in [0.15, 0.2) is 0 Å². The molecule has 8 nitrogen and oxygen atoms in total. The number of nitrogens with one attached hydrogen (secondary N) is 1. The van der Waals surface area contributed by atoms with E-state index in [-0.39, 0.29) is 11.6 Å². The van der Waals surface area contributed by atoms with E-state index >= 15 is 0 Å². The van der Waals surface area contributed by atoms with E-state index in [1.54, 1.807) is 48.4 Å². The van der Waals surface area contributed by atoms with Crippen LogP contribution in [0.2, 0.25) is 0 Å². The first-order chi connectivity index (χ1) is 16.5. The first-order valence-electron chi connectivity index (χ1n) is 10.8. The van der Waals surface area contributed by atoms with Crippen molar-refractivity contribution in [3.63, 3.8) is 0 Å². The van der Waals surface area contributed by atoms with Crippen LogP contribution in [0.5, 0.6) is 0 Å². The summed E-state index contributed by atoms with van der Waals surface area (Å²) >= 11 is 1.25. The first-order valence-corrected chi connectivity index (χ1v) is 11.6. The van der Waals surface area contributed by atoms with Gasteiger partial charge in [0.1, 0.15) is 10.3 Å². The Labute approximate surface area is 198 Å². The number of hydrogen-bond acceptors (Lipinski definition) is 6. The molecule has 9 heteroatoms. The second-order valence-electron chi connectivity index (χ2n) is 8.29. The van der Waals surface area contributed by atoms with Gasteiger partial charge in [-0.05, 0) is 12.1 Å². The molecule has 1 fully saturated rings. The van der Waals surface area contributed by atoms with Crippen molar-refractivity contribution in [2.24, 2.45) is 4.99 Å². The van der Waals surface area contributed by atoms with E-state index in [2.05, 4.69) is 5.43 Å². The van der Waals surface area contributed by atoms with Gasteiger partial charge in [-0.15, -0.1) is 0 Å². The second-order valence-corrected chi connectivity index (χ2v) is 9.30. The molecule has 2 aromatic carbocycles. The van der Waals surface area contributed by atoms with Crippen molar-refractivity contribution in [1.82, 2.24) is 14.5 Å². The minimum atomic E-state index is -1.18. The van der Waals surface area contributed by atoms with Crippen LogP contribution in [0.1, 0.15) is 16.9 Å². The third-order valence-corrected chi connectivity index (χ3v) is 7.56. The molecule has 0 saturated carbocycles. The predicted octanol–water partition coefficient (Wildman–Crippen LogP) is 2.21. The van der Waals surface area contributed by atoms with Crippen LogP contribution in [0.15, 0.2) is 93.3 Å². The number of nitrogens with zero attached hydrogens (tertiary/aromatic N) is 4. The van der Waals surface area contributed by atoms with Gasteiger partial charge in [-0.3, -0.25) is 20.0 Å². The summed E-state index contributed by atoms with van der Waals surface area (Å²) in [5.74, 6) is 0.580. The molecular formula is C25H21N5O3S. The predicted molar refractivity (Wildman–Crippen MR) is 128 cm³/mol. The average molecular weight is 472 g/mol. The maximum absolute atomic E-state index is 13.5. The third kappa shape index (κ3) is 2.50. The molecule has 2 aliphatic rings. The molecule has 2 aliphatic heterocycles. The van der Waals surface area contributed by atoms with Crippen LogP contribution in [0.3, 0.4) is 0 Å². The van der Waals surface area contributed by atoms with Gasteiger partial charge in [0.25, 0.3) is 5.56 Å². The topological polar surface area (TPSA) is 83.1 Å². The van der Waals surface area contributed by atoms with E-state index in [1.165, 1.54) is 16.0 Å². The molecular weight excluding hydrogens is 450 g/mol. The fourth-order valence-electron chi connectivity index (χ4n) is 5.02. The number of thiazole rings is 1. The number of carbonyl (C=O) groups excluding carboxylic acids is 1. The van der Waals surface area contributed by atoms with Gasteiger partial charge in [0.2, 0.25) is 16.1 Å². The molecule has 0 unspecified atom stereocenters. The SMILES string of the molecule is CN1C(=O)N(C)[C@]2(c3ccccc3)N=c3sc(=Cc4ccco4)c(=O)n3N[C@]12c1ccccc1. The molecule has 6 rings (SSSR count). The molecule has 4 heterocycles. The Hall–Kier alpha value is -4.11. The highest BCUT2D eigenvalue weighted by atomic mass is 32.1. The number of fused-ring (bicyclic) bond motifs is 2. The second kappa shape index (κ2) is 7.19. The molecule has 0 spiro atoms. The number of hydrogen-bond donors (Lipinski definition) is 1. The normalized spacial score (nSPS) is 23.9. The average Bonchev–Trinajstić information content (AvgIpc) is 3.54. The monoisotopic (exact) mass is 471 g/mol. The summed E-state index contributed by atoms with van der Waals surface area (Å²) in [4.78, 5) is 35.9. The number of likely N-dealkylation sites (N-methyl/N-ethyl adjacent to an activating group) is 2. The molecule has 0 aliphatic carbocycles. The van der Waals surface area contributed by atoms with Crippen LogP contribution >= 0.6 is 11.3 Å². The Morgan fingerprint density at radius 2 is 1.59 bits per heavy atom. The molecule has 0 bridgehead atoms. The van der Waals surface area contributed by atoms with Crippen molar-refractivity contribution in [1.29, 1.82) is 0 Å². The third-order valence-electron chi connectivity index (χ3n) is 6.59. The highest BCUT2D eigenvalue weighted by Gasteiger charge is 2.69. The summed E-state index contributed by atoms with van der Waals surface area (Å²) in [5, 5.41) is 0. The van der Waals surface area contributed by atoms with E-state index in [0.717, 1.165) is 11.1 Å². The number of benzene rings is 2. The number of rotatable bonds is 3. The Bertz CT molecular complexity index is 1560. The van der Waals surface area contributed by atoms with Crippen LogP contribution in [-0.4, -0.2) is 34.6 Å². The van der Waals surface area contributed by atoms with Gasteiger partial charge in [0, 0.05) is 31.3 Å². The molecule has 2 aromatic heterocycles. The van der Waals surface area contributed by atoms with Crippen molar-refractivity contribution in [3.8, 4) is 0 Å². The Kier molecular flexibility index (Phi) is 4.34. The number of urea groups is 1. The maximum Gasteiger partial charge on any atom is 0.324 e. The summed E-state index contributed by atoms with van der Waals surface area (Å²) in [6, 6.07) is 22.7. The molecule has 0 radical (unpaired) electrons. The number of amides is 2. The van der Waals surface area contributed by atoms with Crippen LogP contribution in [0.25, 0.3) is 6.08 Å². The van der Waals surface area contributed by atoms with Crippen molar-refractivity contribution in [3.05, 3.63) is 116 Å². The molecule has 34 heavy (non-hydrogen) atoms. The summed E-state index contributed by atoms with van der Waals surface area (Å²) < 4.78 is 7.33. The van der Waals surface area contributed by atoms with Gasteiger partial charge in [-0.25, -0.2) is 9.79 Å². The summed E-state index contributed by atoms with van der Waals surface area (Å²) in [5.41, 5.74) is 2.48. The lowest BCUT2D eigenvalue weighted by Crippen LogP contribution is -2.67. The van der Waals surface area contributed by atoms with Crippen molar-refractivity contribution < 1.29 is 9.21 Å². The zero-order valence-electron chi connectivity index (χ0n) is 18.5. The number of aromatic nitrogens is 1. The van der Waals surface area contributed by atoms with Crippen molar-refractivity contribution in [2.75, 3.05) is 19.5 Å². The maximum atomic E-state index is 13.5. The number of furan rings is 1. The fraction of sp³-hybridized carbons (Fsp3) is 0.160. The highest BCUT2D eigenvalue weighted by molar-refractivity contribution is 7.07. The summed E-state index contributed by atoms with van der Waals surface area (Å²) in [6.07, 6.45) is 3.27. The molecule has 2 atom stereocenters. The zero-order valence-corrected chi connectivity index (χ0v) is 19.3. The van der Waals surface area contributed by atoms with Crippen LogP contribution < -0.4 is 20.3 Å². The Morgan fingerprint density at radius 1 is 0.912 bits per heavy atom. The lowest BCUT2D eigenvalue weighted by Gasteiger charge is -2.49. The number of carbonyl (C=O) groups is 1. The van der Waals surface area contributed by atoms with Gasteiger partial charge < -0.3 is 4.42 Å². The van der Waals surface area contributed by atoms with E-state index in [0.29, 0.717) is 15.1 Å². The van der Waals surface area contributed by atoms with Crippen LogP contribution in [-0.2, 0) is 11.3 Å². The smallest absolute Gasteiger partial charge is 0.324 e. The van der Waals surface area contributed by atoms with E-state index < -0.39 is 11.3 Å². The van der Waals surface area contributed by atoms with Crippen LogP contribution in [0.4, 0.5) is 4.79 Å². The Morgan fingerprint density at radius 3 is 2.24 bits per heavy atom.